The van der Waals surface area contributed by atoms with Crippen LogP contribution in [0.25, 0.3) is 0 Å². The summed E-state index contributed by atoms with van der Waals surface area (Å²) in [5.74, 6) is 1.11. The van der Waals surface area contributed by atoms with Crippen LogP contribution in [-0.4, -0.2) is 27.2 Å². The second-order valence-electron chi connectivity index (χ2n) is 5.17. The van der Waals surface area contributed by atoms with Gasteiger partial charge in [-0.15, -0.1) is 0 Å². The number of hydrogen-bond acceptors (Lipinski definition) is 3. The number of rotatable bonds is 7. The monoisotopic (exact) mass is 288 g/mol. The van der Waals surface area contributed by atoms with E-state index in [1.165, 1.54) is 0 Å². The Morgan fingerprint density at radius 1 is 1.43 bits per heavy atom. The largest absolute Gasteiger partial charge is 0.494 e. The number of imidazole rings is 1. The maximum Gasteiger partial charge on any atom is 0.335 e. The minimum absolute atomic E-state index is 0.240. The van der Waals surface area contributed by atoms with E-state index in [0.717, 1.165) is 18.8 Å². The van der Waals surface area contributed by atoms with Gasteiger partial charge in [0, 0.05) is 24.9 Å². The van der Waals surface area contributed by atoms with Crippen molar-refractivity contribution in [2.75, 3.05) is 6.61 Å². The highest BCUT2D eigenvalue weighted by molar-refractivity contribution is 5.87. The molecule has 0 fully saturated rings. The number of ether oxygens (including phenoxy) is 1. The van der Waals surface area contributed by atoms with Gasteiger partial charge < -0.3 is 14.4 Å². The van der Waals surface area contributed by atoms with Gasteiger partial charge >= 0.3 is 5.97 Å². The molecule has 0 amide bonds. The van der Waals surface area contributed by atoms with Crippen molar-refractivity contribution in [1.29, 1.82) is 0 Å². The lowest BCUT2D eigenvalue weighted by Gasteiger charge is -2.11. The Hall–Kier alpha value is -2.30. The molecule has 2 rings (SSSR count). The van der Waals surface area contributed by atoms with Gasteiger partial charge in [-0.25, -0.2) is 9.78 Å². The number of carboxylic acid groups (broad SMARTS) is 1. The predicted molar refractivity (Wildman–Crippen MR) is 79.8 cm³/mol. The number of benzene rings is 1. The first-order chi connectivity index (χ1) is 10.1. The molecule has 112 valence electrons. The number of carboxylic acids is 1. The van der Waals surface area contributed by atoms with Gasteiger partial charge in [-0.1, -0.05) is 19.9 Å². The first-order valence-corrected chi connectivity index (χ1v) is 7.05. The molecule has 0 saturated carbocycles. The number of aromatic carboxylic acids is 1. The van der Waals surface area contributed by atoms with E-state index in [1.54, 1.807) is 24.3 Å². The molecule has 2 aromatic rings. The van der Waals surface area contributed by atoms with Crippen molar-refractivity contribution in [3.05, 3.63) is 48.0 Å². The van der Waals surface area contributed by atoms with Crippen LogP contribution >= 0.6 is 0 Å². The molecule has 0 aliphatic rings. The Labute approximate surface area is 124 Å². The zero-order chi connectivity index (χ0) is 15.2. The van der Waals surface area contributed by atoms with Crippen LogP contribution in [0.2, 0.25) is 0 Å². The second kappa shape index (κ2) is 6.92. The first-order valence-electron chi connectivity index (χ1n) is 7.05. The highest BCUT2D eigenvalue weighted by atomic mass is 16.5. The third kappa shape index (κ3) is 4.08. The number of hydrogen-bond donors (Lipinski definition) is 1. The predicted octanol–water partition coefficient (Wildman–Crippen LogP) is 3.17. The standard InChI is InChI=1S/C16H20N2O3/c1-12(2)15-17-7-9-18(15)8-4-10-21-14-6-3-5-13(11-14)16(19)20/h3,5-7,9,11-12H,4,8,10H2,1-2H3,(H,19,20). The summed E-state index contributed by atoms with van der Waals surface area (Å²) in [7, 11) is 0. The Morgan fingerprint density at radius 2 is 2.24 bits per heavy atom. The Morgan fingerprint density at radius 3 is 2.95 bits per heavy atom. The van der Waals surface area contributed by atoms with E-state index in [9.17, 15) is 4.79 Å². The summed E-state index contributed by atoms with van der Waals surface area (Å²) in [6, 6.07) is 6.55. The van der Waals surface area contributed by atoms with Gasteiger partial charge in [0.1, 0.15) is 11.6 Å². The fourth-order valence-corrected chi connectivity index (χ4v) is 2.15. The lowest BCUT2D eigenvalue weighted by atomic mass is 10.2. The van der Waals surface area contributed by atoms with Crippen molar-refractivity contribution in [3.8, 4) is 5.75 Å². The fourth-order valence-electron chi connectivity index (χ4n) is 2.15. The number of aromatic nitrogens is 2. The first kappa shape index (κ1) is 15.1. The van der Waals surface area contributed by atoms with Crippen LogP contribution in [0.4, 0.5) is 0 Å². The topological polar surface area (TPSA) is 64.4 Å². The molecule has 5 heteroatoms. The molecule has 0 radical (unpaired) electrons. The average Bonchev–Trinajstić information content (AvgIpc) is 2.92. The molecule has 0 unspecified atom stereocenters. The third-order valence-electron chi connectivity index (χ3n) is 3.16. The zero-order valence-electron chi connectivity index (χ0n) is 12.3. The van der Waals surface area contributed by atoms with E-state index in [-0.39, 0.29) is 5.56 Å². The molecule has 0 saturated heterocycles. The molecule has 0 aliphatic heterocycles. The quantitative estimate of drug-likeness (QED) is 0.795. The van der Waals surface area contributed by atoms with Gasteiger partial charge in [-0.05, 0) is 24.6 Å². The van der Waals surface area contributed by atoms with Crippen molar-refractivity contribution >= 4 is 5.97 Å². The maximum atomic E-state index is 10.9. The summed E-state index contributed by atoms with van der Waals surface area (Å²) >= 11 is 0. The highest BCUT2D eigenvalue weighted by Gasteiger charge is 2.07. The number of aryl methyl sites for hydroxylation is 1. The van der Waals surface area contributed by atoms with Gasteiger partial charge in [0.2, 0.25) is 0 Å². The summed E-state index contributed by atoms with van der Waals surface area (Å²) in [5, 5.41) is 8.92. The smallest absolute Gasteiger partial charge is 0.335 e. The second-order valence-corrected chi connectivity index (χ2v) is 5.17. The van der Waals surface area contributed by atoms with E-state index in [0.29, 0.717) is 18.3 Å². The minimum atomic E-state index is -0.944. The molecule has 21 heavy (non-hydrogen) atoms. The fraction of sp³-hybridized carbons (Fsp3) is 0.375. The summed E-state index contributed by atoms with van der Waals surface area (Å²) < 4.78 is 7.73. The van der Waals surface area contributed by atoms with Crippen molar-refractivity contribution in [2.24, 2.45) is 0 Å². The van der Waals surface area contributed by atoms with Gasteiger partial charge in [0.05, 0.1) is 12.2 Å². The van der Waals surface area contributed by atoms with Crippen molar-refractivity contribution in [1.82, 2.24) is 9.55 Å². The van der Waals surface area contributed by atoms with E-state index in [2.05, 4.69) is 23.4 Å². The van der Waals surface area contributed by atoms with E-state index in [4.69, 9.17) is 9.84 Å². The molecule has 0 aliphatic carbocycles. The van der Waals surface area contributed by atoms with E-state index in [1.807, 2.05) is 12.4 Å². The van der Waals surface area contributed by atoms with Gasteiger partial charge in [0.25, 0.3) is 0 Å². The van der Waals surface area contributed by atoms with Gasteiger partial charge in [0.15, 0.2) is 0 Å². The summed E-state index contributed by atoms with van der Waals surface area (Å²) in [6.07, 6.45) is 4.63. The van der Waals surface area contributed by atoms with Crippen LogP contribution in [0.15, 0.2) is 36.7 Å². The maximum absolute atomic E-state index is 10.9. The number of carbonyl (C=O) groups is 1. The molecule has 1 heterocycles. The van der Waals surface area contributed by atoms with Crippen LogP contribution in [-0.2, 0) is 6.54 Å². The lowest BCUT2D eigenvalue weighted by molar-refractivity contribution is 0.0696. The summed E-state index contributed by atoms with van der Waals surface area (Å²) in [6.45, 7) is 5.62. The molecule has 1 aromatic heterocycles. The molecular weight excluding hydrogens is 268 g/mol. The highest BCUT2D eigenvalue weighted by Crippen LogP contribution is 2.15. The normalized spacial score (nSPS) is 10.8. The van der Waals surface area contributed by atoms with Crippen molar-refractivity contribution < 1.29 is 14.6 Å². The Balaban J connectivity index is 1.83. The minimum Gasteiger partial charge on any atom is -0.494 e. The summed E-state index contributed by atoms with van der Waals surface area (Å²) in [4.78, 5) is 15.2. The molecule has 0 bridgehead atoms. The van der Waals surface area contributed by atoms with Crippen LogP contribution in [0.5, 0.6) is 5.75 Å². The van der Waals surface area contributed by atoms with Crippen LogP contribution in [0.3, 0.4) is 0 Å². The SMILES string of the molecule is CC(C)c1nccn1CCCOc1cccc(C(=O)O)c1. The van der Waals surface area contributed by atoms with Gasteiger partial charge in [-0.3, -0.25) is 0 Å². The Bertz CT molecular complexity index is 605. The Kier molecular flexibility index (Phi) is 4.98. The summed E-state index contributed by atoms with van der Waals surface area (Å²) in [5.41, 5.74) is 0.240. The van der Waals surface area contributed by atoms with Crippen LogP contribution < -0.4 is 4.74 Å². The zero-order valence-corrected chi connectivity index (χ0v) is 12.3. The molecule has 1 aromatic carbocycles. The number of nitrogens with zero attached hydrogens (tertiary/aromatic N) is 2. The average molecular weight is 288 g/mol. The van der Waals surface area contributed by atoms with E-state index < -0.39 is 5.97 Å². The van der Waals surface area contributed by atoms with Crippen molar-refractivity contribution in [3.63, 3.8) is 0 Å². The molecule has 0 atom stereocenters. The molecule has 1 N–H and O–H groups in total. The molecule has 5 nitrogen and oxygen atoms in total. The third-order valence-corrected chi connectivity index (χ3v) is 3.16. The van der Waals surface area contributed by atoms with Gasteiger partial charge in [-0.2, -0.15) is 0 Å². The van der Waals surface area contributed by atoms with E-state index >= 15 is 0 Å². The lowest BCUT2D eigenvalue weighted by Crippen LogP contribution is -2.08. The van der Waals surface area contributed by atoms with Crippen LogP contribution in [0, 0.1) is 0 Å². The van der Waals surface area contributed by atoms with Crippen molar-refractivity contribution in [2.45, 2.75) is 32.7 Å². The molecule has 0 spiro atoms. The van der Waals surface area contributed by atoms with Crippen LogP contribution in [0.1, 0.15) is 42.4 Å². The molecular formula is C16H20N2O3.